The Hall–Kier alpha value is -5.55. The third-order valence-electron chi connectivity index (χ3n) is 12.9. The molecule has 10 rings (SSSR count). The van der Waals surface area contributed by atoms with Gasteiger partial charge in [0.25, 0.3) is 5.56 Å². The highest BCUT2D eigenvalue weighted by Crippen LogP contribution is 2.46. The van der Waals surface area contributed by atoms with Crippen molar-refractivity contribution in [1.29, 1.82) is 0 Å². The molecule has 0 bridgehead atoms. The summed E-state index contributed by atoms with van der Waals surface area (Å²) in [6, 6.07) is 10.6. The van der Waals surface area contributed by atoms with Crippen LogP contribution < -0.4 is 36.0 Å². The number of aromatic nitrogens is 5. The maximum Gasteiger partial charge on any atom is 0.301 e. The minimum atomic E-state index is -3.13. The first-order valence-corrected chi connectivity index (χ1v) is 21.0. The van der Waals surface area contributed by atoms with Gasteiger partial charge in [-0.15, -0.1) is 0 Å². The van der Waals surface area contributed by atoms with Crippen molar-refractivity contribution in [2.75, 3.05) is 72.9 Å². The van der Waals surface area contributed by atoms with Gasteiger partial charge in [-0.2, -0.15) is 10.1 Å². The van der Waals surface area contributed by atoms with E-state index >= 15 is 8.78 Å². The van der Waals surface area contributed by atoms with Crippen LogP contribution >= 0.6 is 11.6 Å². The number of piperazine rings is 1. The van der Waals surface area contributed by atoms with Gasteiger partial charge in [-0.3, -0.25) is 29.3 Å². The Morgan fingerprint density at radius 1 is 0.950 bits per heavy atom. The van der Waals surface area contributed by atoms with Gasteiger partial charge in [-0.1, -0.05) is 11.6 Å². The molecule has 0 spiro atoms. The number of hydrogen-bond donors (Lipinski definition) is 3. The van der Waals surface area contributed by atoms with Crippen molar-refractivity contribution in [3.8, 4) is 5.75 Å². The second-order valence-electron chi connectivity index (χ2n) is 16.9. The molecule has 1 aliphatic carbocycles. The van der Waals surface area contributed by atoms with Crippen molar-refractivity contribution in [1.82, 2.24) is 34.5 Å². The number of fused-ring (bicyclic) bond motifs is 4. The molecule has 60 heavy (non-hydrogen) atoms. The molecule has 0 radical (unpaired) electrons. The lowest BCUT2D eigenvalue weighted by atomic mass is 9.93. The molecule has 4 aliphatic heterocycles. The summed E-state index contributed by atoms with van der Waals surface area (Å²) in [5, 5.41) is 15.4. The number of rotatable bonds is 8. The average molecular weight is 842 g/mol. The van der Waals surface area contributed by atoms with Gasteiger partial charge in [0.15, 0.2) is 12.4 Å². The number of anilines is 5. The van der Waals surface area contributed by atoms with Crippen molar-refractivity contribution < 1.29 is 23.1 Å². The zero-order valence-corrected chi connectivity index (χ0v) is 34.1. The number of carbonyl (C=O) groups excluding carboxylic acids is 2. The Balaban J connectivity index is 0.784. The Kier molecular flexibility index (Phi) is 9.57. The molecule has 3 atom stereocenters. The second-order valence-corrected chi connectivity index (χ2v) is 17.3. The lowest BCUT2D eigenvalue weighted by Crippen LogP contribution is -2.48. The molecule has 3 saturated heterocycles. The van der Waals surface area contributed by atoms with Crippen LogP contribution in [-0.4, -0.2) is 105 Å². The van der Waals surface area contributed by atoms with Crippen LogP contribution in [0.3, 0.4) is 0 Å². The highest BCUT2D eigenvalue weighted by molar-refractivity contribution is 6.33. The van der Waals surface area contributed by atoms with E-state index in [1.54, 1.807) is 31.4 Å². The summed E-state index contributed by atoms with van der Waals surface area (Å²) in [5.74, 6) is -2.88. The largest absolute Gasteiger partial charge is 0.480 e. The van der Waals surface area contributed by atoms with Gasteiger partial charge in [-0.25, -0.2) is 13.8 Å². The van der Waals surface area contributed by atoms with Crippen LogP contribution in [0, 0.1) is 11.8 Å². The number of aryl methyl sites for hydroxylation is 2. The van der Waals surface area contributed by atoms with Crippen LogP contribution in [0.2, 0.25) is 5.02 Å². The summed E-state index contributed by atoms with van der Waals surface area (Å²) in [6.07, 6.45) is 4.86. The topological polar surface area (TPSA) is 155 Å². The highest BCUT2D eigenvalue weighted by atomic mass is 35.5. The number of ether oxygens (including phenoxy) is 1. The number of amides is 2. The summed E-state index contributed by atoms with van der Waals surface area (Å²) in [5.41, 5.74) is 3.82. The molecule has 2 aromatic carbocycles. The molecule has 1 saturated carbocycles. The highest BCUT2D eigenvalue weighted by Gasteiger charge is 2.51. The van der Waals surface area contributed by atoms with E-state index in [1.807, 2.05) is 11.7 Å². The van der Waals surface area contributed by atoms with E-state index in [2.05, 4.69) is 53.8 Å². The minimum Gasteiger partial charge on any atom is -0.480 e. The molecular formula is C42H46ClF2N11O4. The Labute approximate surface area is 349 Å². The molecule has 4 fully saturated rings. The number of piperidine rings is 1. The first-order valence-electron chi connectivity index (χ1n) is 20.7. The SMILES string of the molecule is Cn1nc(C2CCC(=O)NC2=O)c2ccc(N3CCC(CN4CCN(c5ncc(Cl)c(Nc6ccc7c(c6)c6c(c(=O)n7C)OCC(F)(F)C(C7CC7)N6)n5)CC4)C3)cc21. The normalized spacial score (nSPS) is 23.3. The predicted molar refractivity (Wildman–Crippen MR) is 225 cm³/mol. The van der Waals surface area contributed by atoms with Gasteiger partial charge in [-0.05, 0) is 73.9 Å². The second kappa shape index (κ2) is 14.9. The maximum atomic E-state index is 15.2. The smallest absolute Gasteiger partial charge is 0.301 e. The van der Waals surface area contributed by atoms with Crippen molar-refractivity contribution in [3.63, 3.8) is 0 Å². The number of alkyl halides is 2. The summed E-state index contributed by atoms with van der Waals surface area (Å²) < 4.78 is 39.1. The maximum absolute atomic E-state index is 15.2. The third-order valence-corrected chi connectivity index (χ3v) is 13.1. The summed E-state index contributed by atoms with van der Waals surface area (Å²) in [7, 11) is 3.50. The fourth-order valence-electron chi connectivity index (χ4n) is 9.41. The number of halogens is 3. The van der Waals surface area contributed by atoms with Gasteiger partial charge in [0, 0.05) is 88.5 Å². The molecule has 5 aromatic rings. The van der Waals surface area contributed by atoms with E-state index in [-0.39, 0.29) is 29.2 Å². The minimum absolute atomic E-state index is 0.108. The van der Waals surface area contributed by atoms with Crippen LogP contribution in [0.15, 0.2) is 47.4 Å². The van der Waals surface area contributed by atoms with Gasteiger partial charge >= 0.3 is 5.92 Å². The van der Waals surface area contributed by atoms with E-state index in [0.717, 1.165) is 74.5 Å². The third kappa shape index (κ3) is 7.04. The van der Waals surface area contributed by atoms with Gasteiger partial charge in [0.05, 0.1) is 40.6 Å². The van der Waals surface area contributed by atoms with E-state index < -0.39 is 30.0 Å². The van der Waals surface area contributed by atoms with Gasteiger partial charge in [0.1, 0.15) is 5.02 Å². The van der Waals surface area contributed by atoms with Crippen LogP contribution in [0.4, 0.5) is 37.6 Å². The molecular weight excluding hydrogens is 796 g/mol. The molecule has 3 N–H and O–H groups in total. The number of carbonyl (C=O) groups is 2. The van der Waals surface area contributed by atoms with E-state index in [4.69, 9.17) is 26.4 Å². The molecule has 5 aliphatic rings. The van der Waals surface area contributed by atoms with Crippen LogP contribution in [0.1, 0.15) is 43.7 Å². The number of benzene rings is 2. The Morgan fingerprint density at radius 3 is 2.55 bits per heavy atom. The molecule has 15 nitrogen and oxygen atoms in total. The Bertz CT molecular complexity index is 2610. The molecule has 2 amide bonds. The number of nitrogens with one attached hydrogen (secondary N) is 3. The monoisotopic (exact) mass is 841 g/mol. The van der Waals surface area contributed by atoms with Crippen molar-refractivity contribution in [3.05, 3.63) is 63.7 Å². The van der Waals surface area contributed by atoms with Crippen LogP contribution in [0.5, 0.6) is 5.75 Å². The number of nitrogens with zero attached hydrogens (tertiary/aromatic N) is 8. The summed E-state index contributed by atoms with van der Waals surface area (Å²) in [6.45, 7) is 5.26. The summed E-state index contributed by atoms with van der Waals surface area (Å²) in [4.78, 5) is 54.0. The first-order chi connectivity index (χ1) is 28.9. The van der Waals surface area contributed by atoms with Crippen molar-refractivity contribution >= 4 is 74.0 Å². The number of imide groups is 1. The summed E-state index contributed by atoms with van der Waals surface area (Å²) >= 11 is 6.62. The lowest BCUT2D eigenvalue weighted by molar-refractivity contribution is -0.134. The zero-order valence-electron chi connectivity index (χ0n) is 33.4. The number of hydrogen-bond acceptors (Lipinski definition) is 12. The Morgan fingerprint density at radius 2 is 1.77 bits per heavy atom. The lowest BCUT2D eigenvalue weighted by Gasteiger charge is -2.36. The molecule has 3 unspecified atom stereocenters. The van der Waals surface area contributed by atoms with Crippen LogP contribution in [0.25, 0.3) is 21.8 Å². The quantitative estimate of drug-likeness (QED) is 0.180. The van der Waals surface area contributed by atoms with Crippen molar-refractivity contribution in [2.24, 2.45) is 25.9 Å². The van der Waals surface area contributed by atoms with E-state index in [1.165, 1.54) is 4.57 Å². The standard InChI is InChI=1S/C42H46ClF2N11O4/c1-52-31-9-5-25(17-29(31)35-36(40(52)59)60-22-42(44,45)37(49-35)24-3-4-24)47-38-30(43)19-46-41(50-38)55-15-13-54(14-16-55)20-23-11-12-56(21-23)26-6-7-27-32(18-26)53(2)51-34(27)28-8-10-33(57)48-39(28)58/h5-7,9,17-19,23-24,28,37,49H,3-4,8,10-16,20-22H2,1-2H3,(H,46,47,50)(H,48,57,58). The fraction of sp³-hybridized carbons (Fsp3) is 0.476. The predicted octanol–water partition coefficient (Wildman–Crippen LogP) is 5.00. The van der Waals surface area contributed by atoms with Gasteiger partial charge < -0.3 is 29.7 Å². The zero-order chi connectivity index (χ0) is 41.4. The molecule has 7 heterocycles. The van der Waals surface area contributed by atoms with Gasteiger partial charge in [0.2, 0.25) is 23.5 Å². The van der Waals surface area contributed by atoms with E-state index in [0.29, 0.717) is 65.0 Å². The van der Waals surface area contributed by atoms with E-state index in [9.17, 15) is 14.4 Å². The molecule has 3 aromatic heterocycles. The number of pyridine rings is 1. The van der Waals surface area contributed by atoms with Crippen LogP contribution in [-0.2, 0) is 23.7 Å². The molecule has 314 valence electrons. The molecule has 18 heteroatoms. The average Bonchev–Trinajstić information content (AvgIpc) is 3.91. The first kappa shape index (κ1) is 38.6. The fourth-order valence-corrected chi connectivity index (χ4v) is 9.55. The van der Waals surface area contributed by atoms with Crippen molar-refractivity contribution in [2.45, 2.75) is 50.0 Å².